The molecule has 1 heterocycles. The minimum absolute atomic E-state index is 0.102. The lowest BCUT2D eigenvalue weighted by molar-refractivity contribution is -0.150. The van der Waals surface area contributed by atoms with Crippen LogP contribution in [0.15, 0.2) is 48.6 Å². The van der Waals surface area contributed by atoms with Crippen LogP contribution < -0.4 is 10.6 Å². The van der Waals surface area contributed by atoms with Gasteiger partial charge in [-0.1, -0.05) is 69.3 Å². The topological polar surface area (TPSA) is 108 Å². The van der Waals surface area contributed by atoms with Crippen molar-refractivity contribution in [3.8, 4) is 0 Å². The van der Waals surface area contributed by atoms with E-state index in [9.17, 15) is 19.5 Å². The Kier molecular flexibility index (Phi) is 8.22. The fourth-order valence-corrected chi connectivity index (χ4v) is 5.10. The number of methoxy groups -OCH3 is 1. The number of hydrogen-bond donors (Lipinski definition) is 3. The van der Waals surface area contributed by atoms with Crippen LogP contribution in [0.4, 0.5) is 4.79 Å². The number of benzene rings is 1. The first kappa shape index (κ1) is 28.4. The summed E-state index contributed by atoms with van der Waals surface area (Å²) < 4.78 is 6.01. The number of carbonyl (C=O) groups is 3. The number of aliphatic carboxylic acids is 1. The third-order valence-electron chi connectivity index (χ3n) is 7.09. The van der Waals surface area contributed by atoms with E-state index in [2.05, 4.69) is 34.9 Å². The first-order valence-electron chi connectivity index (χ1n) is 12.8. The summed E-state index contributed by atoms with van der Waals surface area (Å²) in [6.07, 6.45) is 7.07. The highest BCUT2D eigenvalue weighted by molar-refractivity contribution is 5.91. The van der Waals surface area contributed by atoms with Crippen molar-refractivity contribution in [3.63, 3.8) is 0 Å². The second kappa shape index (κ2) is 10.7. The van der Waals surface area contributed by atoms with E-state index in [1.54, 1.807) is 7.11 Å². The molecule has 2 aliphatic rings. The maximum Gasteiger partial charge on any atom is 0.326 e. The molecule has 0 spiro atoms. The standard InChI is InChI=1S/C29H41N3O5/c1-27(2,3)23(30-26(36)31-28(4,5)6)24(33)32-18-29(37-7,17-22(32)25(34)35)21-15-13-20(14-16-21)19-11-9-8-10-12-19/h8-15,21-23H,16-18H2,1-7H3,(H,34,35)(H2,30,31,36)/t21?,22-,23+,29-/m0/s1. The van der Waals surface area contributed by atoms with Gasteiger partial charge in [-0.25, -0.2) is 9.59 Å². The van der Waals surface area contributed by atoms with Crippen molar-refractivity contribution < 1.29 is 24.2 Å². The molecule has 1 fully saturated rings. The van der Waals surface area contributed by atoms with Crippen molar-refractivity contribution in [2.24, 2.45) is 11.3 Å². The molecular weight excluding hydrogens is 470 g/mol. The Morgan fingerprint density at radius 3 is 2.24 bits per heavy atom. The van der Waals surface area contributed by atoms with Crippen LogP contribution in [0.5, 0.6) is 0 Å². The quantitative estimate of drug-likeness (QED) is 0.530. The predicted molar refractivity (Wildman–Crippen MR) is 144 cm³/mol. The van der Waals surface area contributed by atoms with Gasteiger partial charge in [-0.05, 0) is 43.7 Å². The highest BCUT2D eigenvalue weighted by atomic mass is 16.5. The van der Waals surface area contributed by atoms with Crippen LogP contribution in [0.2, 0.25) is 0 Å². The van der Waals surface area contributed by atoms with Crippen molar-refractivity contribution in [2.45, 2.75) is 77.6 Å². The van der Waals surface area contributed by atoms with E-state index < -0.39 is 46.5 Å². The van der Waals surface area contributed by atoms with Crippen molar-refractivity contribution in [3.05, 3.63) is 54.1 Å². The van der Waals surface area contributed by atoms with Crippen molar-refractivity contribution in [2.75, 3.05) is 13.7 Å². The summed E-state index contributed by atoms with van der Waals surface area (Å²) in [5.74, 6) is -1.61. The van der Waals surface area contributed by atoms with Crippen LogP contribution in [0, 0.1) is 11.3 Å². The molecular formula is C29H41N3O5. The zero-order valence-corrected chi connectivity index (χ0v) is 23.0. The summed E-state index contributed by atoms with van der Waals surface area (Å²) in [4.78, 5) is 40.3. The number of likely N-dealkylation sites (tertiary alicyclic amines) is 1. The van der Waals surface area contributed by atoms with Crippen LogP contribution in [-0.2, 0) is 14.3 Å². The SMILES string of the molecule is CO[C@@]1(C2C=CC(c3ccccc3)=CC2)C[C@@H](C(=O)O)N(C(=O)[C@@H](NC(=O)NC(C)(C)C)C(C)(C)C)C1. The lowest BCUT2D eigenvalue weighted by Gasteiger charge is -2.37. The van der Waals surface area contributed by atoms with Gasteiger partial charge in [-0.15, -0.1) is 0 Å². The monoisotopic (exact) mass is 511 g/mol. The number of amides is 3. The molecule has 3 amide bonds. The van der Waals surface area contributed by atoms with E-state index >= 15 is 0 Å². The smallest absolute Gasteiger partial charge is 0.326 e. The lowest BCUT2D eigenvalue weighted by Crippen LogP contribution is -2.60. The summed E-state index contributed by atoms with van der Waals surface area (Å²) >= 11 is 0. The Balaban J connectivity index is 1.85. The van der Waals surface area contributed by atoms with Gasteiger partial charge in [0.1, 0.15) is 12.1 Å². The Morgan fingerprint density at radius 1 is 1.11 bits per heavy atom. The molecule has 0 radical (unpaired) electrons. The number of carbonyl (C=O) groups excluding carboxylic acids is 2. The molecule has 8 nitrogen and oxygen atoms in total. The normalized spacial score (nSPS) is 24.8. The van der Waals surface area contributed by atoms with E-state index in [4.69, 9.17) is 4.74 Å². The second-order valence-electron chi connectivity index (χ2n) is 12.2. The molecule has 1 aromatic rings. The molecule has 0 saturated carbocycles. The number of urea groups is 1. The highest BCUT2D eigenvalue weighted by Crippen LogP contribution is 2.42. The van der Waals surface area contributed by atoms with E-state index in [-0.39, 0.29) is 18.9 Å². The molecule has 1 unspecified atom stereocenters. The van der Waals surface area contributed by atoms with Crippen LogP contribution in [0.3, 0.4) is 0 Å². The zero-order valence-electron chi connectivity index (χ0n) is 23.0. The minimum atomic E-state index is -1.08. The number of rotatable bonds is 6. The number of ether oxygens (including phenoxy) is 1. The third-order valence-corrected chi connectivity index (χ3v) is 7.09. The summed E-state index contributed by atoms with van der Waals surface area (Å²) in [6.45, 7) is 11.2. The number of hydrogen-bond acceptors (Lipinski definition) is 4. The van der Waals surface area contributed by atoms with Gasteiger partial charge in [0.2, 0.25) is 5.91 Å². The van der Waals surface area contributed by atoms with Gasteiger partial charge in [0, 0.05) is 25.0 Å². The van der Waals surface area contributed by atoms with E-state index in [0.29, 0.717) is 6.42 Å². The number of nitrogens with zero attached hydrogens (tertiary/aromatic N) is 1. The third kappa shape index (κ3) is 6.60. The fourth-order valence-electron chi connectivity index (χ4n) is 5.10. The zero-order chi connectivity index (χ0) is 27.6. The van der Waals surface area contributed by atoms with Crippen molar-refractivity contribution in [1.82, 2.24) is 15.5 Å². The van der Waals surface area contributed by atoms with Crippen molar-refractivity contribution >= 4 is 23.5 Å². The lowest BCUT2D eigenvalue weighted by atomic mass is 9.79. The molecule has 1 aliphatic heterocycles. The van der Waals surface area contributed by atoms with E-state index in [1.807, 2.05) is 65.8 Å². The number of allylic oxidation sites excluding steroid dienone is 3. The second-order valence-corrected chi connectivity index (χ2v) is 12.2. The summed E-state index contributed by atoms with van der Waals surface area (Å²) in [7, 11) is 1.58. The molecule has 4 atom stereocenters. The Morgan fingerprint density at radius 2 is 1.76 bits per heavy atom. The van der Waals surface area contributed by atoms with Crippen molar-refractivity contribution in [1.29, 1.82) is 0 Å². The number of carboxylic acids is 1. The molecule has 8 heteroatoms. The summed E-state index contributed by atoms with van der Waals surface area (Å²) in [5, 5.41) is 15.7. The molecule has 0 bridgehead atoms. The van der Waals surface area contributed by atoms with E-state index in [0.717, 1.165) is 11.1 Å². The fraction of sp³-hybridized carbons (Fsp3) is 0.552. The maximum atomic E-state index is 13.9. The Labute approximate surface area is 220 Å². The molecule has 1 saturated heterocycles. The first-order valence-corrected chi connectivity index (χ1v) is 12.8. The maximum absolute atomic E-state index is 13.9. The van der Waals surface area contributed by atoms with Crippen LogP contribution >= 0.6 is 0 Å². The average molecular weight is 512 g/mol. The van der Waals surface area contributed by atoms with Gasteiger partial charge in [0.15, 0.2) is 0 Å². The Bertz CT molecular complexity index is 1070. The largest absolute Gasteiger partial charge is 0.480 e. The van der Waals surface area contributed by atoms with E-state index in [1.165, 1.54) is 4.90 Å². The van der Waals surface area contributed by atoms with Crippen LogP contribution in [-0.4, -0.2) is 64.8 Å². The average Bonchev–Trinajstić information content (AvgIpc) is 3.23. The minimum Gasteiger partial charge on any atom is -0.480 e. The van der Waals surface area contributed by atoms with Gasteiger partial charge in [0.25, 0.3) is 0 Å². The predicted octanol–water partition coefficient (Wildman–Crippen LogP) is 4.23. The van der Waals surface area contributed by atoms with Gasteiger partial charge in [0.05, 0.1) is 12.1 Å². The number of nitrogens with one attached hydrogen (secondary N) is 2. The molecule has 3 rings (SSSR count). The molecule has 0 aromatic heterocycles. The highest BCUT2D eigenvalue weighted by Gasteiger charge is 2.54. The molecule has 3 N–H and O–H groups in total. The summed E-state index contributed by atoms with van der Waals surface area (Å²) in [6, 6.07) is 7.61. The Hall–Kier alpha value is -3.13. The van der Waals surface area contributed by atoms with Crippen LogP contribution in [0.25, 0.3) is 5.57 Å². The summed E-state index contributed by atoms with van der Waals surface area (Å²) in [5.41, 5.74) is 0.223. The molecule has 1 aromatic carbocycles. The molecule has 1 aliphatic carbocycles. The molecule has 37 heavy (non-hydrogen) atoms. The first-order chi connectivity index (χ1) is 17.2. The van der Waals surface area contributed by atoms with Gasteiger partial charge < -0.3 is 25.4 Å². The number of carboxylic acid groups (broad SMARTS) is 1. The van der Waals surface area contributed by atoms with Gasteiger partial charge >= 0.3 is 12.0 Å². The van der Waals surface area contributed by atoms with Crippen LogP contribution in [0.1, 0.15) is 59.9 Å². The van der Waals surface area contributed by atoms with Gasteiger partial charge in [-0.2, -0.15) is 0 Å². The van der Waals surface area contributed by atoms with Gasteiger partial charge in [-0.3, -0.25) is 4.79 Å². The molecule has 202 valence electrons.